The molecule has 1 aromatic heterocycles. The molecule has 4 rings (SSSR count). The van der Waals surface area contributed by atoms with E-state index in [1.165, 1.54) is 25.4 Å². The average Bonchev–Trinajstić information content (AvgIpc) is 3.11. The van der Waals surface area contributed by atoms with Crippen molar-refractivity contribution in [2.75, 3.05) is 6.61 Å². The molecule has 1 unspecified atom stereocenters. The minimum absolute atomic E-state index is 0.0145. The van der Waals surface area contributed by atoms with Crippen LogP contribution in [0, 0.1) is 0 Å². The number of fused-ring (bicyclic) bond motifs is 1. The number of carbonyl (C=O) groups is 3. The van der Waals surface area contributed by atoms with E-state index in [9.17, 15) is 24.1 Å². The van der Waals surface area contributed by atoms with Gasteiger partial charge in [-0.1, -0.05) is 6.07 Å². The highest BCUT2D eigenvalue weighted by Gasteiger charge is 2.57. The largest absolute Gasteiger partial charge is 0.462 e. The Bertz CT molecular complexity index is 1370. The van der Waals surface area contributed by atoms with Crippen LogP contribution in [0.5, 0.6) is 5.75 Å². The Kier molecular flexibility index (Phi) is 8.66. The summed E-state index contributed by atoms with van der Waals surface area (Å²) in [6, 6.07) is 3.55. The SMILES string of the molecule is CC(C)OC(=O)[C@H](C)NP(=O)(OC[C@H]1O[C@@H](N2C=CC(=O)CC2=O)[C@](C)(F)[C@@H]1O)Oc1cccc2nccnc12. The lowest BCUT2D eigenvalue weighted by molar-refractivity contribution is -0.150. The predicted octanol–water partition coefficient (Wildman–Crippen LogP) is 2.19. The van der Waals surface area contributed by atoms with Gasteiger partial charge in [0.15, 0.2) is 23.4 Å². The van der Waals surface area contributed by atoms with Crippen molar-refractivity contribution in [1.82, 2.24) is 20.0 Å². The predicted molar refractivity (Wildman–Crippen MR) is 137 cm³/mol. The van der Waals surface area contributed by atoms with Crippen molar-refractivity contribution < 1.29 is 47.0 Å². The van der Waals surface area contributed by atoms with Gasteiger partial charge in [-0.15, -0.1) is 0 Å². The van der Waals surface area contributed by atoms with Gasteiger partial charge in [0.05, 0.1) is 24.6 Å². The quantitative estimate of drug-likeness (QED) is 0.239. The number of halogens is 1. The van der Waals surface area contributed by atoms with Gasteiger partial charge in [-0.2, -0.15) is 5.09 Å². The molecule has 0 bridgehead atoms. The van der Waals surface area contributed by atoms with Crippen LogP contribution in [-0.2, 0) is 32.9 Å². The van der Waals surface area contributed by atoms with Crippen LogP contribution in [0.2, 0.25) is 0 Å². The summed E-state index contributed by atoms with van der Waals surface area (Å²) in [5.74, 6) is -1.88. The molecule has 0 saturated carbocycles. The molecule has 1 amide bonds. The van der Waals surface area contributed by atoms with Crippen LogP contribution in [0.1, 0.15) is 34.1 Å². The van der Waals surface area contributed by atoms with Crippen molar-refractivity contribution >= 4 is 36.4 Å². The van der Waals surface area contributed by atoms with Crippen LogP contribution in [0.15, 0.2) is 42.9 Å². The molecule has 13 nitrogen and oxygen atoms in total. The molecule has 0 aliphatic carbocycles. The smallest absolute Gasteiger partial charge is 0.459 e. The molecule has 15 heteroatoms. The summed E-state index contributed by atoms with van der Waals surface area (Å²) in [5, 5.41) is 13.2. The number of aliphatic hydroxyl groups excluding tert-OH is 1. The molecule has 2 aromatic rings. The third-order valence-electron chi connectivity index (χ3n) is 6.15. The van der Waals surface area contributed by atoms with Gasteiger partial charge in [0.25, 0.3) is 0 Å². The number of benzene rings is 1. The maximum Gasteiger partial charge on any atom is 0.459 e. The van der Waals surface area contributed by atoms with Crippen molar-refractivity contribution in [3.8, 4) is 5.75 Å². The lowest BCUT2D eigenvalue weighted by Crippen LogP contribution is -2.51. The van der Waals surface area contributed by atoms with E-state index in [2.05, 4.69) is 15.1 Å². The molecule has 2 aliphatic heterocycles. The molecule has 1 aromatic carbocycles. The zero-order valence-corrected chi connectivity index (χ0v) is 23.1. The second-order valence-electron chi connectivity index (χ2n) is 9.78. The topological polar surface area (TPSA) is 166 Å². The summed E-state index contributed by atoms with van der Waals surface area (Å²) in [4.78, 5) is 45.6. The fourth-order valence-electron chi connectivity index (χ4n) is 4.16. The lowest BCUT2D eigenvalue weighted by atomic mass is 9.97. The van der Waals surface area contributed by atoms with Crippen molar-refractivity contribution in [1.29, 1.82) is 0 Å². The minimum Gasteiger partial charge on any atom is -0.462 e. The normalized spacial score (nSPS) is 27.2. The molecule has 1 saturated heterocycles. The van der Waals surface area contributed by atoms with Gasteiger partial charge in [-0.25, -0.2) is 13.9 Å². The number of hydrogen-bond acceptors (Lipinski definition) is 11. The van der Waals surface area contributed by atoms with Gasteiger partial charge in [0.2, 0.25) is 5.91 Å². The Balaban J connectivity index is 1.57. The van der Waals surface area contributed by atoms with Crippen LogP contribution in [0.25, 0.3) is 11.0 Å². The number of hydrogen-bond donors (Lipinski definition) is 2. The van der Waals surface area contributed by atoms with E-state index in [4.69, 9.17) is 18.5 Å². The number of aromatic nitrogens is 2. The van der Waals surface area contributed by atoms with E-state index in [1.54, 1.807) is 26.0 Å². The number of esters is 1. The number of amides is 1. The van der Waals surface area contributed by atoms with E-state index >= 15 is 4.39 Å². The maximum atomic E-state index is 15.6. The summed E-state index contributed by atoms with van der Waals surface area (Å²) < 4.78 is 51.7. The third-order valence-corrected chi connectivity index (χ3v) is 7.78. The highest BCUT2D eigenvalue weighted by Crippen LogP contribution is 2.48. The Hall–Kier alpha value is -3.29. The highest BCUT2D eigenvalue weighted by atomic mass is 31.2. The van der Waals surface area contributed by atoms with Crippen molar-refractivity contribution in [3.63, 3.8) is 0 Å². The molecule has 40 heavy (non-hydrogen) atoms. The molecule has 216 valence electrons. The third kappa shape index (κ3) is 6.37. The second kappa shape index (κ2) is 11.7. The first-order valence-electron chi connectivity index (χ1n) is 12.5. The Morgan fingerprint density at radius 2 is 2.02 bits per heavy atom. The Morgan fingerprint density at radius 3 is 2.73 bits per heavy atom. The van der Waals surface area contributed by atoms with Gasteiger partial charge in [-0.3, -0.25) is 28.8 Å². The number of carbonyl (C=O) groups excluding carboxylic acids is 3. The number of aliphatic hydroxyl groups is 1. The fraction of sp³-hybridized carbons (Fsp3) is 0.480. The summed E-state index contributed by atoms with van der Waals surface area (Å²) in [6.07, 6.45) is -0.685. The van der Waals surface area contributed by atoms with Gasteiger partial charge in [0.1, 0.15) is 23.8 Å². The van der Waals surface area contributed by atoms with E-state index in [0.717, 1.165) is 24.1 Å². The maximum absolute atomic E-state index is 15.6. The molecule has 6 atom stereocenters. The molecular weight excluding hydrogens is 550 g/mol. The van der Waals surface area contributed by atoms with E-state index < -0.39 is 74.7 Å². The standard InChI is InChI=1S/C25H30FN4O9P/c1-14(2)37-23(34)15(3)29-40(35,39-18-7-5-6-17-21(18)28-10-9-27-17)36-13-19-22(33)25(4,26)24(38-19)30-11-8-16(31)12-20(30)32/h5-11,14-15,19,22,24,33H,12-13H2,1-4H3,(H,29,35)/t15-,19+,22+,24+,25+,40?/m0/s1. The molecule has 0 spiro atoms. The average molecular weight is 581 g/mol. The highest BCUT2D eigenvalue weighted by molar-refractivity contribution is 7.52. The number of ether oxygens (including phenoxy) is 2. The van der Waals surface area contributed by atoms with E-state index in [0.29, 0.717) is 5.52 Å². The first-order chi connectivity index (χ1) is 18.8. The molecule has 2 aliphatic rings. The van der Waals surface area contributed by atoms with Gasteiger partial charge >= 0.3 is 13.7 Å². The lowest BCUT2D eigenvalue weighted by Gasteiger charge is -2.32. The second-order valence-corrected chi connectivity index (χ2v) is 11.5. The first-order valence-corrected chi connectivity index (χ1v) is 14.0. The van der Waals surface area contributed by atoms with Crippen LogP contribution in [0.4, 0.5) is 4.39 Å². The van der Waals surface area contributed by atoms with Crippen LogP contribution < -0.4 is 9.61 Å². The van der Waals surface area contributed by atoms with Gasteiger partial charge in [0, 0.05) is 18.6 Å². The van der Waals surface area contributed by atoms with E-state index in [-0.39, 0.29) is 11.3 Å². The molecular formula is C25H30FN4O9P. The van der Waals surface area contributed by atoms with Crippen molar-refractivity contribution in [2.45, 2.75) is 70.4 Å². The number of para-hydroxylation sites is 1. The number of rotatable bonds is 10. The summed E-state index contributed by atoms with van der Waals surface area (Å²) in [7, 11) is -4.46. The monoisotopic (exact) mass is 580 g/mol. The molecule has 1 fully saturated rings. The van der Waals surface area contributed by atoms with E-state index in [1.807, 2.05) is 0 Å². The Morgan fingerprint density at radius 1 is 1.30 bits per heavy atom. The number of nitrogens with zero attached hydrogens (tertiary/aromatic N) is 3. The van der Waals surface area contributed by atoms with Gasteiger partial charge in [-0.05, 0) is 45.9 Å². The number of alkyl halides is 1. The zero-order chi connectivity index (χ0) is 29.2. The summed E-state index contributed by atoms with van der Waals surface area (Å²) in [5.41, 5.74) is -1.79. The number of nitrogens with one attached hydrogen (secondary N) is 1. The summed E-state index contributed by atoms with van der Waals surface area (Å²) >= 11 is 0. The van der Waals surface area contributed by atoms with Crippen molar-refractivity contribution in [2.24, 2.45) is 0 Å². The van der Waals surface area contributed by atoms with Gasteiger partial charge < -0.3 is 19.1 Å². The number of ketones is 1. The van der Waals surface area contributed by atoms with Crippen LogP contribution in [0.3, 0.4) is 0 Å². The fourth-order valence-corrected chi connectivity index (χ4v) is 5.67. The molecule has 0 radical (unpaired) electrons. The Labute approximate surface area is 229 Å². The summed E-state index contributed by atoms with van der Waals surface area (Å²) in [6.45, 7) is 5.04. The zero-order valence-electron chi connectivity index (χ0n) is 22.2. The first kappa shape index (κ1) is 29.7. The molecule has 3 heterocycles. The van der Waals surface area contributed by atoms with Crippen molar-refractivity contribution in [3.05, 3.63) is 42.9 Å². The number of allylic oxidation sites excluding steroid dienone is 1. The molecule has 2 N–H and O–H groups in total. The van der Waals surface area contributed by atoms with Crippen LogP contribution in [-0.4, -0.2) is 80.5 Å². The van der Waals surface area contributed by atoms with Crippen LogP contribution >= 0.6 is 7.75 Å². The minimum atomic E-state index is -4.46.